The van der Waals surface area contributed by atoms with Gasteiger partial charge in [0.25, 0.3) is 29.9 Å². The van der Waals surface area contributed by atoms with Gasteiger partial charge in [-0.05, 0) is 89.2 Å². The maximum absolute atomic E-state index is 13.6. The van der Waals surface area contributed by atoms with Crippen LogP contribution in [0.15, 0.2) is 38.0 Å². The van der Waals surface area contributed by atoms with Crippen molar-refractivity contribution >= 4 is 76.7 Å². The summed E-state index contributed by atoms with van der Waals surface area (Å²) in [5.74, 6) is -17.7. The lowest BCUT2D eigenvalue weighted by molar-refractivity contribution is -0.457. The third-order valence-electron chi connectivity index (χ3n) is 22.4. The minimum atomic E-state index is -1.55. The molecule has 4 aliphatic heterocycles. The predicted octanol–water partition coefficient (Wildman–Crippen LogP) is 2.90. The summed E-state index contributed by atoms with van der Waals surface area (Å²) in [6.45, 7) is 49.8. The number of ether oxygens (including phenoxy) is 12. The summed E-state index contributed by atoms with van der Waals surface area (Å²) in [5, 5.41) is 60.7. The van der Waals surface area contributed by atoms with E-state index in [2.05, 4.69) is 46.7 Å². The zero-order chi connectivity index (χ0) is 102. The van der Waals surface area contributed by atoms with E-state index in [0.717, 1.165) is 19.1 Å². The highest BCUT2D eigenvalue weighted by atomic mass is 16.9. The van der Waals surface area contributed by atoms with E-state index in [1.54, 1.807) is 27.7 Å². The summed E-state index contributed by atoms with van der Waals surface area (Å²) in [4.78, 5) is 154. The van der Waals surface area contributed by atoms with Gasteiger partial charge in [0.2, 0.25) is 65.0 Å². The van der Waals surface area contributed by atoms with Gasteiger partial charge in [-0.3, -0.25) is 62.3 Å². The summed E-state index contributed by atoms with van der Waals surface area (Å²) in [7, 11) is 0. The van der Waals surface area contributed by atoms with Gasteiger partial charge < -0.3 is 149 Å². The van der Waals surface area contributed by atoms with Crippen LogP contribution in [0.2, 0.25) is 0 Å². The van der Waals surface area contributed by atoms with Crippen molar-refractivity contribution in [2.24, 2.45) is 142 Å². The Labute approximate surface area is 773 Å². The van der Waals surface area contributed by atoms with E-state index in [9.17, 15) is 57.5 Å². The normalized spacial score (nSPS) is 23.1. The van der Waals surface area contributed by atoms with Gasteiger partial charge in [0.05, 0.1) is 102 Å². The molecule has 4 aliphatic rings. The van der Waals surface area contributed by atoms with Gasteiger partial charge in [0, 0.05) is 94.3 Å². The van der Waals surface area contributed by atoms with E-state index in [1.165, 1.54) is 6.08 Å². The molecule has 2 spiro atoms. The zero-order valence-electron chi connectivity index (χ0n) is 81.0. The number of rotatable bonds is 42. The Balaban J connectivity index is -0.00000191. The highest BCUT2D eigenvalue weighted by Gasteiger charge is 2.53. The smallest absolute Gasteiger partial charge is 0.300 e. The van der Waals surface area contributed by atoms with Crippen LogP contribution >= 0.6 is 0 Å². The van der Waals surface area contributed by atoms with Crippen LogP contribution in [-0.4, -0.2) is 244 Å². The van der Waals surface area contributed by atoms with E-state index in [-0.39, 0.29) is 131 Å². The number of carbonyl (C=O) groups is 13. The van der Waals surface area contributed by atoms with E-state index in [1.807, 2.05) is 125 Å². The molecule has 6 atom stereocenters. The molecule has 11 amide bonds. The molecule has 131 heavy (non-hydrogen) atoms. The predicted molar refractivity (Wildman–Crippen MR) is 481 cm³/mol. The summed E-state index contributed by atoms with van der Waals surface area (Å²) >= 11 is 0. The average molecular weight is 1880 g/mol. The SMILES string of the molecule is C.C=CC(=O)CCOC1(C)OCC2(CO1)COC(C)(OCNC(=O)C=C)OC2.C=CC(N)=O.CC(=O)O.CC(C)(C)C(CC(CC(C(N)=O)C(C)(C)C)C(=O)NCO)C(N)=O.CC1(OCNC(=O)C(CC(C(N)=O)C(C)(C)C)CC(C(N)=O)C(C)(C)C)OCC2(CO1)COC(C)(OCNC(=O)C(CC(C(N)=O)C(C)(C)C)CC(C(N)=O)C(C)(C)C)OC2.OCC(CO)(CO)CO. The Bertz CT molecular complexity index is 3340. The number of carbonyl (C=O) groups excluding carboxylic acids is 12. The molecule has 0 saturated carbocycles. The number of hydrogen-bond acceptors (Lipinski definition) is 30. The molecule has 4 heterocycles. The molecule has 0 aromatic carbocycles. The van der Waals surface area contributed by atoms with Crippen molar-refractivity contribution in [3.8, 4) is 0 Å². The minimum Gasteiger partial charge on any atom is -0.481 e. The molecule has 0 aliphatic carbocycles. The molecule has 42 heteroatoms. The second-order valence-electron chi connectivity index (χ2n) is 40.1. The number of amides is 11. The lowest BCUT2D eigenvalue weighted by Gasteiger charge is -2.48. The monoisotopic (exact) mass is 1880 g/mol. The maximum Gasteiger partial charge on any atom is 0.300 e. The van der Waals surface area contributed by atoms with Crippen molar-refractivity contribution in [2.75, 3.05) is 113 Å². The Morgan fingerprint density at radius 3 is 0.718 bits per heavy atom. The largest absolute Gasteiger partial charge is 0.481 e. The zero-order valence-corrected chi connectivity index (χ0v) is 81.0. The molecule has 6 unspecified atom stereocenters. The summed E-state index contributed by atoms with van der Waals surface area (Å²) < 4.78 is 69.5. The van der Waals surface area contributed by atoms with Gasteiger partial charge in [-0.25, -0.2) is 0 Å². The third-order valence-corrected chi connectivity index (χ3v) is 22.4. The van der Waals surface area contributed by atoms with E-state index < -0.39 is 224 Å². The Hall–Kier alpha value is -8.15. The quantitative estimate of drug-likeness (QED) is 0.0308. The van der Waals surface area contributed by atoms with Gasteiger partial charge in [-0.15, -0.1) is 0 Å². The molecule has 0 radical (unpaired) electrons. The standard InChI is InChI=1S/C43H78N6O12.C18H27NO8.C17H33N3O4.C5H12O4.C3H5NO.C2H4O2.CH4/c1-37(2,3)27(31(44)50)15-25(16-28(32(45)51)38(4,5)6)35(54)48-23-60-41(13)56-19-43(20-57-41)21-58-42(14,59-22-43)61-24-49-36(55)26(17-29(33(46)52)39(7,8)9)18-30(34(47)53)40(10,11)12;1-5-14(20)7-8-22-16(3)23-9-18(10-24-16)11-25-17(4,26-12-18)27-13-19-15(21)6-2;1-16(2,3)11(13(18)22)7-10(15(24)20-9-21)8-12(14(19)23)17(4,5)6;6-1-5(2-7,3-8)4-9;1-2-3(4)5;1-2(3)4;/h25-30H,15-24H2,1-14H3,(H2,44,50)(H2,45,51)(H2,46,52)(H2,47,53)(H,48,54)(H,49,55);5-6H,1-2,7-13H2,3-4H3,(H,19,21);10-12,21H,7-9H2,1-6H3,(H2,18,22)(H2,19,23)(H,20,24);6-9H,1-4H2;2H,1H2,(H2,4,5);1H3,(H,3,4);1H4. The van der Waals surface area contributed by atoms with Crippen LogP contribution in [-0.2, 0) is 119 Å². The Morgan fingerprint density at radius 1 is 0.359 bits per heavy atom. The first-order valence-corrected chi connectivity index (χ1v) is 42.7. The lowest BCUT2D eigenvalue weighted by Crippen LogP contribution is -2.59. The second-order valence-corrected chi connectivity index (χ2v) is 40.1. The van der Waals surface area contributed by atoms with Crippen LogP contribution < -0.4 is 61.4 Å². The van der Waals surface area contributed by atoms with E-state index in [4.69, 9.17) is 127 Å². The number of nitrogens with two attached hydrogens (primary N) is 7. The number of allylic oxidation sites excluding steroid dienone is 1. The van der Waals surface area contributed by atoms with E-state index >= 15 is 0 Å². The number of hydrogen-bond donors (Lipinski definition) is 17. The summed E-state index contributed by atoms with van der Waals surface area (Å²) in [6, 6.07) is 0. The van der Waals surface area contributed by atoms with Crippen molar-refractivity contribution < 1.29 is 150 Å². The summed E-state index contributed by atoms with van der Waals surface area (Å²) in [5.41, 5.74) is 33.2. The highest BCUT2D eigenvalue weighted by molar-refractivity contribution is 5.89. The fourth-order valence-electron chi connectivity index (χ4n) is 13.3. The molecule has 760 valence electrons. The number of carboxylic acid groups (broad SMARTS) is 1. The van der Waals surface area contributed by atoms with Crippen LogP contribution in [0.3, 0.4) is 0 Å². The first-order chi connectivity index (χ1) is 59.2. The van der Waals surface area contributed by atoms with Gasteiger partial charge in [0.15, 0.2) is 5.78 Å². The Morgan fingerprint density at radius 2 is 0.557 bits per heavy atom. The molecule has 0 aromatic rings. The fraction of sp³-hybridized carbons (Fsp3) is 0.787. The van der Waals surface area contributed by atoms with Crippen LogP contribution in [0, 0.1) is 102 Å². The van der Waals surface area contributed by atoms with Crippen LogP contribution in [0.5, 0.6) is 0 Å². The van der Waals surface area contributed by atoms with Crippen LogP contribution in [0.25, 0.3) is 0 Å². The van der Waals surface area contributed by atoms with Crippen molar-refractivity contribution in [2.45, 2.75) is 236 Å². The van der Waals surface area contributed by atoms with Gasteiger partial charge in [-0.2, -0.15) is 0 Å². The first kappa shape index (κ1) is 127. The van der Waals surface area contributed by atoms with Crippen molar-refractivity contribution in [3.05, 3.63) is 38.0 Å². The van der Waals surface area contributed by atoms with Crippen LogP contribution in [0.1, 0.15) is 212 Å². The molecule has 0 bridgehead atoms. The number of aliphatic hydroxyl groups is 5. The lowest BCUT2D eigenvalue weighted by atomic mass is 9.70. The molecule has 0 aromatic heterocycles. The molecule has 24 N–H and O–H groups in total. The topological polar surface area (TPSA) is 684 Å². The number of aliphatic hydroxyl groups excluding tert-OH is 5. The Kier molecular flexibility index (Phi) is 53.9. The van der Waals surface area contributed by atoms with Gasteiger partial charge in [0.1, 0.15) is 26.9 Å². The second kappa shape index (κ2) is 55.6. The van der Waals surface area contributed by atoms with Crippen molar-refractivity contribution in [1.29, 1.82) is 0 Å². The van der Waals surface area contributed by atoms with Gasteiger partial charge >= 0.3 is 0 Å². The number of aliphatic carboxylic acids is 1. The number of carboxylic acids is 1. The number of primary amides is 7. The van der Waals surface area contributed by atoms with Crippen molar-refractivity contribution in [3.63, 3.8) is 0 Å². The van der Waals surface area contributed by atoms with Crippen LogP contribution in [0.4, 0.5) is 0 Å². The first-order valence-electron chi connectivity index (χ1n) is 42.7. The molecule has 4 rings (SSSR count). The molecular formula is C89H163N11O31. The molecular weight excluding hydrogens is 1720 g/mol. The third kappa shape index (κ3) is 47.1. The minimum absolute atomic E-state index is 0. The fourth-order valence-corrected chi connectivity index (χ4v) is 13.3. The maximum atomic E-state index is 13.6. The summed E-state index contributed by atoms with van der Waals surface area (Å²) in [6.07, 6.45) is 4.49. The number of nitrogens with one attached hydrogen (secondary N) is 4. The van der Waals surface area contributed by atoms with E-state index in [0.29, 0.717) is 13.2 Å². The molecule has 42 nitrogen and oxygen atoms in total. The number of ketones is 1. The average Bonchev–Trinajstić information content (AvgIpc) is 0.790. The molecule has 4 saturated heterocycles. The molecule has 4 fully saturated rings. The van der Waals surface area contributed by atoms with Crippen molar-refractivity contribution in [1.82, 2.24) is 21.3 Å². The van der Waals surface area contributed by atoms with Gasteiger partial charge in [-0.1, -0.05) is 152 Å². The highest BCUT2D eigenvalue weighted by Crippen LogP contribution is 2.44.